The highest BCUT2D eigenvalue weighted by molar-refractivity contribution is 5.92. The summed E-state index contributed by atoms with van der Waals surface area (Å²) in [6, 6.07) is 13.7. The lowest BCUT2D eigenvalue weighted by Crippen LogP contribution is -2.50. The number of likely N-dealkylation sites (tertiary alicyclic amines) is 1. The molecule has 162 valence electrons. The van der Waals surface area contributed by atoms with Gasteiger partial charge in [0.05, 0.1) is 12.0 Å². The minimum atomic E-state index is -0.666. The molecule has 0 bridgehead atoms. The van der Waals surface area contributed by atoms with Crippen LogP contribution in [-0.2, 0) is 27.3 Å². The highest BCUT2D eigenvalue weighted by atomic mass is 16.5. The third kappa shape index (κ3) is 5.30. The molecule has 2 heterocycles. The van der Waals surface area contributed by atoms with Crippen molar-refractivity contribution in [1.82, 2.24) is 4.90 Å². The molecule has 1 aliphatic rings. The van der Waals surface area contributed by atoms with E-state index in [4.69, 9.17) is 13.9 Å². The minimum Gasteiger partial charge on any atom is -0.466 e. The number of carbonyl (C=O) groups excluding carboxylic acids is 2. The predicted octanol–water partition coefficient (Wildman–Crippen LogP) is 4.23. The Morgan fingerprint density at radius 2 is 1.97 bits per heavy atom. The number of rotatable bonds is 9. The summed E-state index contributed by atoms with van der Waals surface area (Å²) in [6.45, 7) is 3.45. The number of nitrogens with zero attached hydrogens (tertiary/aromatic N) is 1. The van der Waals surface area contributed by atoms with Gasteiger partial charge in [-0.3, -0.25) is 9.59 Å². The normalized spacial score (nSPS) is 18.9. The van der Waals surface area contributed by atoms with Crippen LogP contribution in [0, 0.1) is 5.41 Å². The maximum absolute atomic E-state index is 13.0. The molecular formula is C24H31NO5. The summed E-state index contributed by atoms with van der Waals surface area (Å²) in [6.07, 6.45) is 3.95. The van der Waals surface area contributed by atoms with E-state index >= 15 is 0 Å². The van der Waals surface area contributed by atoms with E-state index in [1.165, 1.54) is 5.56 Å². The molecule has 6 nitrogen and oxygen atoms in total. The number of piperidine rings is 1. The fourth-order valence-corrected chi connectivity index (χ4v) is 4.21. The van der Waals surface area contributed by atoms with Crippen molar-refractivity contribution in [3.8, 4) is 0 Å². The van der Waals surface area contributed by atoms with Gasteiger partial charge in [-0.1, -0.05) is 30.3 Å². The molecule has 0 N–H and O–H groups in total. The Bertz CT molecular complexity index is 831. The molecule has 0 aliphatic carbocycles. The Hall–Kier alpha value is -2.60. The van der Waals surface area contributed by atoms with Crippen molar-refractivity contribution in [1.29, 1.82) is 0 Å². The molecule has 0 spiro atoms. The van der Waals surface area contributed by atoms with Crippen molar-refractivity contribution in [3.05, 3.63) is 59.5 Å². The van der Waals surface area contributed by atoms with Crippen molar-refractivity contribution >= 4 is 11.9 Å². The van der Waals surface area contributed by atoms with E-state index in [1.807, 2.05) is 25.1 Å². The highest BCUT2D eigenvalue weighted by Crippen LogP contribution is 2.37. The second-order valence-corrected chi connectivity index (χ2v) is 7.87. The molecule has 1 saturated heterocycles. The summed E-state index contributed by atoms with van der Waals surface area (Å²) in [5, 5.41) is 0. The first kappa shape index (κ1) is 22.1. The number of hydrogen-bond donors (Lipinski definition) is 0. The first-order valence-electron chi connectivity index (χ1n) is 10.7. The van der Waals surface area contributed by atoms with Crippen molar-refractivity contribution in [2.75, 3.05) is 26.8 Å². The molecule has 1 fully saturated rings. The van der Waals surface area contributed by atoms with Crippen LogP contribution in [0.5, 0.6) is 0 Å². The molecule has 0 saturated carbocycles. The second kappa shape index (κ2) is 10.4. The van der Waals surface area contributed by atoms with E-state index in [2.05, 4.69) is 12.1 Å². The monoisotopic (exact) mass is 413 g/mol. The van der Waals surface area contributed by atoms with Crippen molar-refractivity contribution < 1.29 is 23.5 Å². The van der Waals surface area contributed by atoms with Crippen LogP contribution in [0.3, 0.4) is 0 Å². The summed E-state index contributed by atoms with van der Waals surface area (Å²) in [4.78, 5) is 27.7. The zero-order valence-corrected chi connectivity index (χ0v) is 17.9. The lowest BCUT2D eigenvalue weighted by Gasteiger charge is -2.40. The average Bonchev–Trinajstić information content (AvgIpc) is 3.23. The molecule has 1 atom stereocenters. The maximum Gasteiger partial charge on any atom is 0.313 e. The quantitative estimate of drug-likeness (QED) is 0.575. The van der Waals surface area contributed by atoms with Crippen LogP contribution in [0.1, 0.15) is 54.5 Å². The average molecular weight is 414 g/mol. The molecule has 6 heteroatoms. The fraction of sp³-hybridized carbons (Fsp3) is 0.500. The number of methoxy groups -OCH3 is 1. The van der Waals surface area contributed by atoms with Crippen LogP contribution < -0.4 is 0 Å². The summed E-state index contributed by atoms with van der Waals surface area (Å²) in [5.41, 5.74) is 0.585. The Balaban J connectivity index is 1.71. The van der Waals surface area contributed by atoms with Crippen LogP contribution >= 0.6 is 0 Å². The number of furan rings is 1. The Morgan fingerprint density at radius 3 is 2.70 bits per heavy atom. The zero-order valence-electron chi connectivity index (χ0n) is 17.9. The number of esters is 1. The van der Waals surface area contributed by atoms with Crippen LogP contribution in [0.4, 0.5) is 0 Å². The van der Waals surface area contributed by atoms with Crippen LogP contribution in [0.25, 0.3) is 0 Å². The number of ether oxygens (including phenoxy) is 2. The van der Waals surface area contributed by atoms with Gasteiger partial charge in [0, 0.05) is 20.2 Å². The molecule has 1 aliphatic heterocycles. The largest absolute Gasteiger partial charge is 0.466 e. The van der Waals surface area contributed by atoms with Crippen molar-refractivity contribution in [2.45, 2.75) is 45.6 Å². The Kier molecular flexibility index (Phi) is 7.69. The van der Waals surface area contributed by atoms with Gasteiger partial charge in [-0.2, -0.15) is 0 Å². The maximum atomic E-state index is 13.0. The van der Waals surface area contributed by atoms with Gasteiger partial charge in [0.25, 0.3) is 5.91 Å². The van der Waals surface area contributed by atoms with Gasteiger partial charge in [-0.15, -0.1) is 0 Å². The van der Waals surface area contributed by atoms with Gasteiger partial charge >= 0.3 is 5.97 Å². The number of aryl methyl sites for hydroxylation is 1. The predicted molar refractivity (Wildman–Crippen MR) is 113 cm³/mol. The fourth-order valence-electron chi connectivity index (χ4n) is 4.21. The Labute approximate surface area is 178 Å². The summed E-state index contributed by atoms with van der Waals surface area (Å²) >= 11 is 0. The standard InChI is InChI=1S/C24H31NO5/c1-3-29-23(27)24(14-7-11-19-9-5-4-6-10-19)15-8-16-25(18-24)22(26)21-13-12-20(30-21)17-28-2/h4-6,9-10,12-13H,3,7-8,11,14-18H2,1-2H3/t24-/m1/s1. The van der Waals surface area contributed by atoms with Gasteiger partial charge in [-0.25, -0.2) is 0 Å². The second-order valence-electron chi connectivity index (χ2n) is 7.87. The van der Waals surface area contributed by atoms with E-state index in [0.29, 0.717) is 38.5 Å². The lowest BCUT2D eigenvalue weighted by molar-refractivity contribution is -0.159. The molecule has 1 aromatic carbocycles. The van der Waals surface area contributed by atoms with Gasteiger partial charge < -0.3 is 18.8 Å². The molecule has 30 heavy (non-hydrogen) atoms. The molecule has 0 unspecified atom stereocenters. The van der Waals surface area contributed by atoms with E-state index in [-0.39, 0.29) is 17.6 Å². The number of amides is 1. The summed E-state index contributed by atoms with van der Waals surface area (Å²) in [5.74, 6) is 0.507. The third-order valence-corrected chi connectivity index (χ3v) is 5.70. The first-order valence-corrected chi connectivity index (χ1v) is 10.7. The smallest absolute Gasteiger partial charge is 0.313 e. The zero-order chi connectivity index (χ0) is 21.4. The van der Waals surface area contributed by atoms with Gasteiger partial charge in [-0.05, 0) is 56.7 Å². The van der Waals surface area contributed by atoms with Gasteiger partial charge in [0.1, 0.15) is 12.4 Å². The molecule has 2 aromatic rings. The molecule has 1 amide bonds. The SMILES string of the molecule is CCOC(=O)[C@]1(CCCc2ccccc2)CCCN(C(=O)c2ccc(COC)o2)C1. The third-order valence-electron chi connectivity index (χ3n) is 5.70. The van der Waals surface area contributed by atoms with Gasteiger partial charge in [0.15, 0.2) is 5.76 Å². The number of benzene rings is 1. The minimum absolute atomic E-state index is 0.186. The van der Waals surface area contributed by atoms with E-state index in [0.717, 1.165) is 25.7 Å². The van der Waals surface area contributed by atoms with Gasteiger partial charge in [0.2, 0.25) is 0 Å². The molecule has 0 radical (unpaired) electrons. The van der Waals surface area contributed by atoms with E-state index in [9.17, 15) is 9.59 Å². The molecule has 1 aromatic heterocycles. The number of hydrogen-bond acceptors (Lipinski definition) is 5. The lowest BCUT2D eigenvalue weighted by atomic mass is 9.75. The molecular weight excluding hydrogens is 382 g/mol. The summed E-state index contributed by atoms with van der Waals surface area (Å²) in [7, 11) is 1.58. The van der Waals surface area contributed by atoms with Crippen molar-refractivity contribution in [3.63, 3.8) is 0 Å². The topological polar surface area (TPSA) is 69.0 Å². The van der Waals surface area contributed by atoms with E-state index in [1.54, 1.807) is 24.1 Å². The Morgan fingerprint density at radius 1 is 1.17 bits per heavy atom. The first-order chi connectivity index (χ1) is 14.6. The summed E-state index contributed by atoms with van der Waals surface area (Å²) < 4.78 is 16.1. The van der Waals surface area contributed by atoms with Crippen LogP contribution in [0.2, 0.25) is 0 Å². The number of carbonyl (C=O) groups is 2. The molecule has 3 rings (SSSR count). The van der Waals surface area contributed by atoms with Crippen LogP contribution in [0.15, 0.2) is 46.9 Å². The van der Waals surface area contributed by atoms with E-state index < -0.39 is 5.41 Å². The van der Waals surface area contributed by atoms with Crippen molar-refractivity contribution in [2.24, 2.45) is 5.41 Å². The highest BCUT2D eigenvalue weighted by Gasteiger charge is 2.44. The van der Waals surface area contributed by atoms with Crippen LogP contribution in [-0.4, -0.2) is 43.6 Å².